The summed E-state index contributed by atoms with van der Waals surface area (Å²) < 4.78 is 0. The van der Waals surface area contributed by atoms with Gasteiger partial charge < -0.3 is 9.80 Å². The van der Waals surface area contributed by atoms with Crippen molar-refractivity contribution in [1.82, 2.24) is 4.90 Å². The van der Waals surface area contributed by atoms with Crippen LogP contribution in [-0.2, 0) is 0 Å². The van der Waals surface area contributed by atoms with Crippen LogP contribution in [0.5, 0.6) is 0 Å². The Balaban J connectivity index is 2.35. The number of likely N-dealkylation sites (N-methyl/N-ethyl adjacent to an activating group) is 1. The fourth-order valence-electron chi connectivity index (χ4n) is 2.48. The number of anilines is 1. The molecule has 1 aliphatic heterocycles. The third-order valence-corrected chi connectivity index (χ3v) is 3.63. The number of hydrogen-bond acceptors (Lipinski definition) is 5. The molecular weight excluding hydrogens is 258 g/mol. The van der Waals surface area contributed by atoms with Crippen LogP contribution < -0.4 is 4.90 Å². The second-order valence-electron chi connectivity index (χ2n) is 5.16. The lowest BCUT2D eigenvalue weighted by Crippen LogP contribution is -2.29. The molecule has 0 amide bonds. The number of carbonyl (C=O) groups excluding carboxylic acids is 1. The van der Waals surface area contributed by atoms with Crippen molar-refractivity contribution in [3.63, 3.8) is 0 Å². The zero-order valence-corrected chi connectivity index (χ0v) is 11.8. The molecule has 108 valence electrons. The van der Waals surface area contributed by atoms with E-state index in [1.165, 1.54) is 19.1 Å². The number of nitro groups is 1. The molecule has 6 heteroatoms. The molecule has 2 rings (SSSR count). The molecule has 0 bridgehead atoms. The fourth-order valence-corrected chi connectivity index (χ4v) is 2.48. The van der Waals surface area contributed by atoms with Gasteiger partial charge in [-0.25, -0.2) is 0 Å². The Morgan fingerprint density at radius 2 is 2.00 bits per heavy atom. The van der Waals surface area contributed by atoms with Gasteiger partial charge in [-0.3, -0.25) is 14.9 Å². The minimum Gasteiger partial charge on any atom is -0.370 e. The molecule has 1 aromatic rings. The summed E-state index contributed by atoms with van der Waals surface area (Å²) in [5.74, 6) is -0.138. The molecule has 1 saturated heterocycles. The van der Waals surface area contributed by atoms with Gasteiger partial charge in [0, 0.05) is 43.0 Å². The van der Waals surface area contributed by atoms with Crippen LogP contribution in [-0.4, -0.2) is 48.8 Å². The van der Waals surface area contributed by atoms with Crippen molar-refractivity contribution < 1.29 is 9.72 Å². The molecule has 1 aliphatic rings. The molecule has 0 N–H and O–H groups in total. The predicted octanol–water partition coefficient (Wildman–Crippen LogP) is 1.94. The minimum absolute atomic E-state index is 0.0362. The Morgan fingerprint density at radius 1 is 1.25 bits per heavy atom. The molecule has 20 heavy (non-hydrogen) atoms. The average molecular weight is 277 g/mol. The van der Waals surface area contributed by atoms with Gasteiger partial charge in [-0.05, 0) is 33.0 Å². The fraction of sp³-hybridized carbons (Fsp3) is 0.500. The number of hydrogen-bond donors (Lipinski definition) is 0. The maximum absolute atomic E-state index is 11.8. The third-order valence-electron chi connectivity index (χ3n) is 3.63. The molecule has 1 aromatic carbocycles. The summed E-state index contributed by atoms with van der Waals surface area (Å²) in [4.78, 5) is 26.5. The molecule has 1 heterocycles. The summed E-state index contributed by atoms with van der Waals surface area (Å²) >= 11 is 0. The van der Waals surface area contributed by atoms with Crippen molar-refractivity contribution in [3.8, 4) is 0 Å². The lowest BCUT2D eigenvalue weighted by molar-refractivity contribution is -0.384. The first-order chi connectivity index (χ1) is 9.49. The lowest BCUT2D eigenvalue weighted by Gasteiger charge is -2.24. The molecule has 1 fully saturated rings. The van der Waals surface area contributed by atoms with Crippen LogP contribution in [0.3, 0.4) is 0 Å². The quantitative estimate of drug-likeness (QED) is 0.480. The van der Waals surface area contributed by atoms with Crippen LogP contribution in [0.25, 0.3) is 0 Å². The number of nitro benzene ring substituents is 1. The molecule has 0 aromatic heterocycles. The number of Topliss-reactive ketones (excluding diaryl/α,β-unsaturated/α-hetero) is 1. The average Bonchev–Trinajstić information content (AvgIpc) is 2.62. The van der Waals surface area contributed by atoms with E-state index >= 15 is 0 Å². The summed E-state index contributed by atoms with van der Waals surface area (Å²) in [5.41, 5.74) is 1.20. The molecule has 0 unspecified atom stereocenters. The Labute approximate surface area is 118 Å². The maximum Gasteiger partial charge on any atom is 0.270 e. The molecule has 0 spiro atoms. The van der Waals surface area contributed by atoms with Crippen molar-refractivity contribution >= 4 is 17.2 Å². The Morgan fingerprint density at radius 3 is 2.65 bits per heavy atom. The van der Waals surface area contributed by atoms with E-state index < -0.39 is 4.92 Å². The van der Waals surface area contributed by atoms with Gasteiger partial charge in [0.15, 0.2) is 5.78 Å². The second kappa shape index (κ2) is 6.00. The first kappa shape index (κ1) is 14.5. The highest BCUT2D eigenvalue weighted by Crippen LogP contribution is 2.26. The first-order valence-electron chi connectivity index (χ1n) is 6.72. The van der Waals surface area contributed by atoms with Crippen molar-refractivity contribution in [2.75, 3.05) is 38.1 Å². The monoisotopic (exact) mass is 277 g/mol. The Hall–Kier alpha value is -1.95. The van der Waals surface area contributed by atoms with E-state index in [-0.39, 0.29) is 11.5 Å². The van der Waals surface area contributed by atoms with Crippen LogP contribution in [0.2, 0.25) is 0 Å². The summed E-state index contributed by atoms with van der Waals surface area (Å²) in [6.07, 6.45) is 1.02. The van der Waals surface area contributed by atoms with Crippen molar-refractivity contribution in [2.24, 2.45) is 0 Å². The number of benzene rings is 1. The highest BCUT2D eigenvalue weighted by Gasteiger charge is 2.20. The number of nitrogens with zero attached hydrogens (tertiary/aromatic N) is 3. The molecule has 6 nitrogen and oxygen atoms in total. The van der Waals surface area contributed by atoms with Crippen LogP contribution in [0.4, 0.5) is 11.4 Å². The van der Waals surface area contributed by atoms with Crippen LogP contribution in [0, 0.1) is 10.1 Å². The van der Waals surface area contributed by atoms with E-state index in [2.05, 4.69) is 16.8 Å². The van der Waals surface area contributed by atoms with E-state index in [0.29, 0.717) is 5.56 Å². The second-order valence-corrected chi connectivity index (χ2v) is 5.16. The van der Waals surface area contributed by atoms with Gasteiger partial charge in [-0.2, -0.15) is 0 Å². The van der Waals surface area contributed by atoms with Crippen LogP contribution in [0.15, 0.2) is 18.2 Å². The molecule has 0 atom stereocenters. The van der Waals surface area contributed by atoms with Gasteiger partial charge in [0.05, 0.1) is 4.92 Å². The lowest BCUT2D eigenvalue weighted by atomic mass is 10.1. The van der Waals surface area contributed by atoms with Crippen molar-refractivity contribution in [1.29, 1.82) is 0 Å². The first-order valence-corrected chi connectivity index (χ1v) is 6.72. The molecule has 0 aliphatic carbocycles. The van der Waals surface area contributed by atoms with Gasteiger partial charge in [0.2, 0.25) is 0 Å². The smallest absolute Gasteiger partial charge is 0.270 e. The minimum atomic E-state index is -0.466. The van der Waals surface area contributed by atoms with Gasteiger partial charge in [0.1, 0.15) is 0 Å². The number of ketones is 1. The number of non-ortho nitro benzene ring substituents is 1. The highest BCUT2D eigenvalue weighted by atomic mass is 16.6. The standard InChI is InChI=1S/C14H19N3O3/c1-11(18)13-10-12(17(19)20)4-5-14(13)16-7-3-6-15(2)8-9-16/h4-5,10H,3,6-9H2,1-2H3. The molecule has 0 radical (unpaired) electrons. The predicted molar refractivity (Wildman–Crippen MR) is 77.4 cm³/mol. The molecular formula is C14H19N3O3. The zero-order valence-electron chi connectivity index (χ0n) is 11.8. The highest BCUT2D eigenvalue weighted by molar-refractivity contribution is 6.00. The van der Waals surface area contributed by atoms with E-state index in [1.807, 2.05) is 0 Å². The summed E-state index contributed by atoms with van der Waals surface area (Å²) in [7, 11) is 2.07. The number of rotatable bonds is 3. The van der Waals surface area contributed by atoms with Gasteiger partial charge >= 0.3 is 0 Å². The summed E-state index contributed by atoms with van der Waals surface area (Å²) in [6.45, 7) is 5.09. The number of carbonyl (C=O) groups is 1. The normalized spacial score (nSPS) is 16.8. The van der Waals surface area contributed by atoms with Gasteiger partial charge in [-0.15, -0.1) is 0 Å². The Kier molecular flexibility index (Phi) is 4.34. The summed E-state index contributed by atoms with van der Waals surface area (Å²) in [5, 5.41) is 10.8. The van der Waals surface area contributed by atoms with E-state index in [9.17, 15) is 14.9 Å². The van der Waals surface area contributed by atoms with Gasteiger partial charge in [-0.1, -0.05) is 0 Å². The topological polar surface area (TPSA) is 66.7 Å². The van der Waals surface area contributed by atoms with Crippen LogP contribution in [0.1, 0.15) is 23.7 Å². The van der Waals surface area contributed by atoms with Crippen molar-refractivity contribution in [2.45, 2.75) is 13.3 Å². The third kappa shape index (κ3) is 3.14. The van der Waals surface area contributed by atoms with E-state index in [0.717, 1.165) is 38.3 Å². The largest absolute Gasteiger partial charge is 0.370 e. The zero-order chi connectivity index (χ0) is 14.7. The van der Waals surface area contributed by atoms with Crippen molar-refractivity contribution in [3.05, 3.63) is 33.9 Å². The molecule has 0 saturated carbocycles. The van der Waals surface area contributed by atoms with E-state index in [1.54, 1.807) is 6.07 Å². The SMILES string of the molecule is CC(=O)c1cc([N+](=O)[O-])ccc1N1CCCN(C)CC1. The van der Waals surface area contributed by atoms with Crippen LogP contribution >= 0.6 is 0 Å². The maximum atomic E-state index is 11.8. The van der Waals surface area contributed by atoms with E-state index in [4.69, 9.17) is 0 Å². The van der Waals surface area contributed by atoms with Gasteiger partial charge in [0.25, 0.3) is 5.69 Å². The summed E-state index contributed by atoms with van der Waals surface area (Å²) in [6, 6.07) is 4.54. The Bertz CT molecular complexity index is 530.